The van der Waals surface area contributed by atoms with Gasteiger partial charge in [-0.15, -0.1) is 0 Å². The molecule has 0 aliphatic heterocycles. The molecule has 1 aromatic carbocycles. The summed E-state index contributed by atoms with van der Waals surface area (Å²) in [4.78, 5) is 38.7. The molecule has 2 aromatic rings. The van der Waals surface area contributed by atoms with Gasteiger partial charge in [-0.2, -0.15) is 0 Å². The van der Waals surface area contributed by atoms with E-state index >= 15 is 0 Å². The number of aromatic amines is 2. The lowest BCUT2D eigenvalue weighted by Gasteiger charge is -2.13. The predicted octanol–water partition coefficient (Wildman–Crippen LogP) is 0.743. The number of carbonyl (C=O) groups excluding carboxylic acids is 1. The van der Waals surface area contributed by atoms with E-state index in [1.165, 1.54) is 11.6 Å². The van der Waals surface area contributed by atoms with Crippen molar-refractivity contribution >= 4 is 5.91 Å². The lowest BCUT2D eigenvalue weighted by molar-refractivity contribution is -0.121. The van der Waals surface area contributed by atoms with E-state index in [4.69, 9.17) is 0 Å². The van der Waals surface area contributed by atoms with Crippen molar-refractivity contribution in [2.75, 3.05) is 0 Å². The van der Waals surface area contributed by atoms with Gasteiger partial charge in [0.25, 0.3) is 5.56 Å². The Morgan fingerprint density at radius 1 is 1.18 bits per heavy atom. The Hall–Kier alpha value is -2.63. The van der Waals surface area contributed by atoms with E-state index in [1.54, 1.807) is 0 Å². The fourth-order valence-corrected chi connectivity index (χ4v) is 2.21. The number of hydrogen-bond donors (Lipinski definition) is 3. The predicted molar refractivity (Wildman–Crippen MR) is 83.8 cm³/mol. The minimum absolute atomic E-state index is 0.0152. The summed E-state index contributed by atoms with van der Waals surface area (Å²) in [6.45, 7) is 1.93. The Bertz CT molecular complexity index is 706. The van der Waals surface area contributed by atoms with E-state index in [0.29, 0.717) is 5.69 Å². The third-order valence-corrected chi connectivity index (χ3v) is 3.28. The molecule has 2 rings (SSSR count). The zero-order valence-electron chi connectivity index (χ0n) is 12.4. The molecule has 0 bridgehead atoms. The van der Waals surface area contributed by atoms with Crippen LogP contribution in [0.4, 0.5) is 0 Å². The van der Waals surface area contributed by atoms with E-state index in [9.17, 15) is 14.4 Å². The highest BCUT2D eigenvalue weighted by Crippen LogP contribution is 2.04. The van der Waals surface area contributed by atoms with Crippen LogP contribution in [-0.2, 0) is 17.6 Å². The van der Waals surface area contributed by atoms with E-state index < -0.39 is 11.2 Å². The highest BCUT2D eigenvalue weighted by atomic mass is 16.2. The van der Waals surface area contributed by atoms with Crippen LogP contribution >= 0.6 is 0 Å². The first kappa shape index (κ1) is 15.8. The first-order valence-electron chi connectivity index (χ1n) is 7.19. The van der Waals surface area contributed by atoms with Crippen molar-refractivity contribution in [3.8, 4) is 0 Å². The van der Waals surface area contributed by atoms with Gasteiger partial charge in [-0.1, -0.05) is 30.3 Å². The molecule has 0 saturated carbocycles. The number of carbonyl (C=O) groups is 1. The highest BCUT2D eigenvalue weighted by Gasteiger charge is 2.09. The maximum absolute atomic E-state index is 11.9. The molecule has 0 saturated heterocycles. The van der Waals surface area contributed by atoms with Crippen LogP contribution in [0.3, 0.4) is 0 Å². The van der Waals surface area contributed by atoms with Crippen molar-refractivity contribution in [2.45, 2.75) is 32.2 Å². The van der Waals surface area contributed by atoms with E-state index in [2.05, 4.69) is 27.4 Å². The summed E-state index contributed by atoms with van der Waals surface area (Å²) < 4.78 is 0. The quantitative estimate of drug-likeness (QED) is 0.734. The SMILES string of the molecule is C[C@H](CCc1ccccc1)NC(=O)Cc1cc(=O)[nH]c(=O)[nH]1. The van der Waals surface area contributed by atoms with Crippen LogP contribution in [0, 0.1) is 0 Å². The average Bonchev–Trinajstić information content (AvgIpc) is 2.45. The third kappa shape index (κ3) is 5.05. The summed E-state index contributed by atoms with van der Waals surface area (Å²) in [6.07, 6.45) is 1.68. The molecule has 6 nitrogen and oxygen atoms in total. The zero-order chi connectivity index (χ0) is 15.9. The summed E-state index contributed by atoms with van der Waals surface area (Å²) in [6, 6.07) is 11.3. The second-order valence-corrected chi connectivity index (χ2v) is 5.28. The summed E-state index contributed by atoms with van der Waals surface area (Å²) in [5.41, 5.74) is 0.417. The van der Waals surface area contributed by atoms with Gasteiger partial charge in [-0.3, -0.25) is 14.6 Å². The smallest absolute Gasteiger partial charge is 0.325 e. The monoisotopic (exact) mass is 301 g/mol. The topological polar surface area (TPSA) is 94.8 Å². The van der Waals surface area contributed by atoms with Crippen molar-refractivity contribution in [1.82, 2.24) is 15.3 Å². The Morgan fingerprint density at radius 2 is 1.91 bits per heavy atom. The number of hydrogen-bond acceptors (Lipinski definition) is 3. The molecule has 1 heterocycles. The molecule has 0 fully saturated rings. The van der Waals surface area contributed by atoms with Crippen LogP contribution in [0.5, 0.6) is 0 Å². The molecule has 0 spiro atoms. The van der Waals surface area contributed by atoms with Gasteiger partial charge in [0.2, 0.25) is 5.91 Å². The van der Waals surface area contributed by atoms with Crippen molar-refractivity contribution < 1.29 is 4.79 Å². The number of aryl methyl sites for hydroxylation is 1. The summed E-state index contributed by atoms with van der Waals surface area (Å²) >= 11 is 0. The van der Waals surface area contributed by atoms with Gasteiger partial charge < -0.3 is 10.3 Å². The number of aromatic nitrogens is 2. The largest absolute Gasteiger partial charge is 0.353 e. The van der Waals surface area contributed by atoms with Gasteiger partial charge in [0.15, 0.2) is 0 Å². The van der Waals surface area contributed by atoms with Crippen molar-refractivity contribution in [3.05, 3.63) is 68.5 Å². The Morgan fingerprint density at radius 3 is 2.59 bits per heavy atom. The van der Waals surface area contributed by atoms with Gasteiger partial charge in [0.05, 0.1) is 6.42 Å². The van der Waals surface area contributed by atoms with E-state index in [0.717, 1.165) is 12.8 Å². The summed E-state index contributed by atoms with van der Waals surface area (Å²) in [5, 5.41) is 2.86. The molecule has 0 aliphatic rings. The van der Waals surface area contributed by atoms with Crippen LogP contribution in [0.25, 0.3) is 0 Å². The number of nitrogens with one attached hydrogen (secondary N) is 3. The molecule has 1 aromatic heterocycles. The van der Waals surface area contributed by atoms with Gasteiger partial charge in [-0.05, 0) is 25.3 Å². The molecule has 1 atom stereocenters. The Kier molecular flexibility index (Phi) is 5.30. The van der Waals surface area contributed by atoms with Crippen LogP contribution in [0.15, 0.2) is 46.0 Å². The molecule has 0 unspecified atom stereocenters. The molecule has 3 N–H and O–H groups in total. The normalized spacial score (nSPS) is 11.9. The van der Waals surface area contributed by atoms with Crippen LogP contribution in [-0.4, -0.2) is 21.9 Å². The minimum Gasteiger partial charge on any atom is -0.353 e. The van der Waals surface area contributed by atoms with Crippen LogP contribution in [0.1, 0.15) is 24.6 Å². The molecule has 1 amide bonds. The van der Waals surface area contributed by atoms with Crippen molar-refractivity contribution in [3.63, 3.8) is 0 Å². The van der Waals surface area contributed by atoms with Crippen LogP contribution < -0.4 is 16.6 Å². The van der Waals surface area contributed by atoms with Gasteiger partial charge >= 0.3 is 5.69 Å². The molecular weight excluding hydrogens is 282 g/mol. The molecule has 0 aliphatic carbocycles. The Balaban J connectivity index is 1.83. The lowest BCUT2D eigenvalue weighted by atomic mass is 10.1. The van der Waals surface area contributed by atoms with E-state index in [-0.39, 0.29) is 18.4 Å². The first-order chi connectivity index (χ1) is 10.5. The number of rotatable bonds is 6. The first-order valence-corrected chi connectivity index (χ1v) is 7.19. The Labute approximate surface area is 127 Å². The van der Waals surface area contributed by atoms with Crippen molar-refractivity contribution in [2.24, 2.45) is 0 Å². The molecular formula is C16H19N3O3. The second kappa shape index (κ2) is 7.40. The number of amides is 1. The molecule has 0 radical (unpaired) electrons. The maximum atomic E-state index is 11.9. The number of H-pyrrole nitrogens is 2. The fraction of sp³-hybridized carbons (Fsp3) is 0.312. The van der Waals surface area contributed by atoms with Crippen LogP contribution in [0.2, 0.25) is 0 Å². The van der Waals surface area contributed by atoms with Gasteiger partial charge in [0, 0.05) is 17.8 Å². The highest BCUT2D eigenvalue weighted by molar-refractivity contribution is 5.78. The van der Waals surface area contributed by atoms with Gasteiger partial charge in [-0.25, -0.2) is 4.79 Å². The number of benzene rings is 1. The zero-order valence-corrected chi connectivity index (χ0v) is 12.4. The van der Waals surface area contributed by atoms with Gasteiger partial charge in [0.1, 0.15) is 0 Å². The average molecular weight is 301 g/mol. The summed E-state index contributed by atoms with van der Waals surface area (Å²) in [5.74, 6) is -0.221. The van der Waals surface area contributed by atoms with E-state index in [1.807, 2.05) is 25.1 Å². The van der Waals surface area contributed by atoms with Crippen molar-refractivity contribution in [1.29, 1.82) is 0 Å². The minimum atomic E-state index is -0.604. The standard InChI is InChI=1S/C16H19N3O3/c1-11(7-8-12-5-3-2-4-6-12)17-14(20)9-13-10-15(21)19-16(22)18-13/h2-6,10-11H,7-9H2,1H3,(H,17,20)(H2,18,19,21,22)/t11-/m1/s1. The second-order valence-electron chi connectivity index (χ2n) is 5.28. The maximum Gasteiger partial charge on any atom is 0.325 e. The summed E-state index contributed by atoms with van der Waals surface area (Å²) in [7, 11) is 0. The molecule has 116 valence electrons. The lowest BCUT2D eigenvalue weighted by Crippen LogP contribution is -2.35. The fourth-order valence-electron chi connectivity index (χ4n) is 2.21. The third-order valence-electron chi connectivity index (χ3n) is 3.28. The molecule has 22 heavy (non-hydrogen) atoms. The molecule has 6 heteroatoms.